The zero-order chi connectivity index (χ0) is 22.5. The predicted molar refractivity (Wildman–Crippen MR) is 117 cm³/mol. The Labute approximate surface area is 183 Å². The van der Waals surface area contributed by atoms with Gasteiger partial charge in [0.25, 0.3) is 5.91 Å². The first-order valence-corrected chi connectivity index (χ1v) is 10.7. The topological polar surface area (TPSA) is 72.2 Å². The molecule has 0 aliphatic carbocycles. The van der Waals surface area contributed by atoms with Crippen molar-refractivity contribution >= 4 is 11.8 Å². The molecule has 0 spiro atoms. The first-order valence-electron chi connectivity index (χ1n) is 10.7. The van der Waals surface area contributed by atoms with Gasteiger partial charge in [-0.2, -0.15) is 0 Å². The van der Waals surface area contributed by atoms with Crippen molar-refractivity contribution < 1.29 is 23.5 Å². The van der Waals surface area contributed by atoms with Gasteiger partial charge in [0.2, 0.25) is 5.91 Å². The third-order valence-electron chi connectivity index (χ3n) is 5.29. The summed E-state index contributed by atoms with van der Waals surface area (Å²) < 4.78 is 17.0. The van der Waals surface area contributed by atoms with Gasteiger partial charge in [0.15, 0.2) is 0 Å². The molecular formula is C24H32N2O5. The molecule has 1 aliphatic rings. The van der Waals surface area contributed by atoms with Gasteiger partial charge in [-0.1, -0.05) is 26.0 Å². The van der Waals surface area contributed by atoms with Crippen LogP contribution in [0.4, 0.5) is 0 Å². The number of hydrogen-bond donors (Lipinski definition) is 0. The Morgan fingerprint density at radius 3 is 2.65 bits per heavy atom. The summed E-state index contributed by atoms with van der Waals surface area (Å²) in [5.74, 6) is 2.06. The van der Waals surface area contributed by atoms with Crippen molar-refractivity contribution in [2.24, 2.45) is 5.92 Å². The second kappa shape index (κ2) is 10.0. The number of nitrogens with zero attached hydrogens (tertiary/aromatic N) is 2. The SMILES string of the molecule is COc1cccc(COC2CN(CC(C)C)C(=O)CN(C(=O)c3cc(C)oc3C)C2)c1. The molecule has 7 heteroatoms. The van der Waals surface area contributed by atoms with Gasteiger partial charge in [0.05, 0.1) is 25.4 Å². The van der Waals surface area contributed by atoms with Crippen molar-refractivity contribution in [3.05, 3.63) is 53.0 Å². The highest BCUT2D eigenvalue weighted by Crippen LogP contribution is 2.20. The van der Waals surface area contributed by atoms with Crippen LogP contribution in [0.2, 0.25) is 0 Å². The lowest BCUT2D eigenvalue weighted by atomic mass is 10.2. The van der Waals surface area contributed by atoms with Gasteiger partial charge in [0.1, 0.15) is 23.8 Å². The molecule has 1 fully saturated rings. The summed E-state index contributed by atoms with van der Waals surface area (Å²) in [4.78, 5) is 29.5. The molecule has 1 unspecified atom stereocenters. The first-order chi connectivity index (χ1) is 14.8. The minimum absolute atomic E-state index is 0.0360. The molecule has 2 heterocycles. The number of methoxy groups -OCH3 is 1. The van der Waals surface area contributed by atoms with Gasteiger partial charge in [-0.3, -0.25) is 9.59 Å². The summed E-state index contributed by atoms with van der Waals surface area (Å²) >= 11 is 0. The molecule has 0 bridgehead atoms. The van der Waals surface area contributed by atoms with Crippen molar-refractivity contribution in [1.29, 1.82) is 0 Å². The monoisotopic (exact) mass is 428 g/mol. The summed E-state index contributed by atoms with van der Waals surface area (Å²) in [5, 5.41) is 0. The number of ether oxygens (including phenoxy) is 2. The van der Waals surface area contributed by atoms with Gasteiger partial charge in [-0.25, -0.2) is 0 Å². The normalized spacial score (nSPS) is 17.2. The highest BCUT2D eigenvalue weighted by atomic mass is 16.5. The van der Waals surface area contributed by atoms with Crippen molar-refractivity contribution in [2.45, 2.75) is 40.4 Å². The fourth-order valence-corrected chi connectivity index (χ4v) is 3.85. The molecule has 0 saturated carbocycles. The number of carbonyl (C=O) groups excluding carboxylic acids is 2. The Bertz CT molecular complexity index is 920. The van der Waals surface area contributed by atoms with Gasteiger partial charge >= 0.3 is 0 Å². The van der Waals surface area contributed by atoms with Crippen LogP contribution in [0, 0.1) is 19.8 Å². The second-order valence-corrected chi connectivity index (χ2v) is 8.49. The molecule has 168 valence electrons. The van der Waals surface area contributed by atoms with Crippen LogP contribution in [0.3, 0.4) is 0 Å². The number of hydrogen-bond acceptors (Lipinski definition) is 5. The van der Waals surface area contributed by atoms with Crippen molar-refractivity contribution in [2.75, 3.05) is 33.3 Å². The van der Waals surface area contributed by atoms with Gasteiger partial charge in [-0.05, 0) is 43.5 Å². The average molecular weight is 429 g/mol. The molecule has 1 aliphatic heterocycles. The summed E-state index contributed by atoms with van der Waals surface area (Å²) in [7, 11) is 1.63. The lowest BCUT2D eigenvalue weighted by molar-refractivity contribution is -0.132. The van der Waals surface area contributed by atoms with Crippen LogP contribution in [-0.4, -0.2) is 61.0 Å². The van der Waals surface area contributed by atoms with Crippen molar-refractivity contribution in [3.8, 4) is 5.75 Å². The number of aryl methyl sites for hydroxylation is 2. The zero-order valence-electron chi connectivity index (χ0n) is 19.0. The highest BCUT2D eigenvalue weighted by molar-refractivity contribution is 5.97. The van der Waals surface area contributed by atoms with E-state index in [1.54, 1.807) is 25.0 Å². The Morgan fingerprint density at radius 1 is 1.23 bits per heavy atom. The lowest BCUT2D eigenvalue weighted by Gasteiger charge is -2.26. The Balaban J connectivity index is 1.78. The fourth-order valence-electron chi connectivity index (χ4n) is 3.85. The van der Waals surface area contributed by atoms with Crippen LogP contribution < -0.4 is 4.74 Å². The standard InChI is InChI=1S/C24H32N2O5/c1-16(2)11-25-12-21(30-15-19-7-6-8-20(10-19)29-5)13-26(14-23(25)27)24(28)22-9-17(3)31-18(22)4/h6-10,16,21H,11-15H2,1-5H3. The molecule has 1 atom stereocenters. The zero-order valence-corrected chi connectivity index (χ0v) is 19.0. The molecule has 31 heavy (non-hydrogen) atoms. The van der Waals surface area contributed by atoms with E-state index in [0.29, 0.717) is 49.2 Å². The Hall–Kier alpha value is -2.80. The van der Waals surface area contributed by atoms with Gasteiger partial charge in [0, 0.05) is 19.6 Å². The largest absolute Gasteiger partial charge is 0.497 e. The minimum Gasteiger partial charge on any atom is -0.497 e. The van der Waals surface area contributed by atoms with Crippen molar-refractivity contribution in [1.82, 2.24) is 9.80 Å². The molecule has 3 rings (SSSR count). The summed E-state index contributed by atoms with van der Waals surface area (Å²) in [6.45, 7) is 9.55. The summed E-state index contributed by atoms with van der Waals surface area (Å²) in [6, 6.07) is 9.42. The third-order valence-corrected chi connectivity index (χ3v) is 5.29. The highest BCUT2D eigenvalue weighted by Gasteiger charge is 2.32. The minimum atomic E-state index is -0.298. The van der Waals surface area contributed by atoms with E-state index >= 15 is 0 Å². The van der Waals surface area contributed by atoms with Crippen LogP contribution >= 0.6 is 0 Å². The maximum absolute atomic E-state index is 13.2. The third kappa shape index (κ3) is 5.88. The van der Waals surface area contributed by atoms with E-state index < -0.39 is 0 Å². The van der Waals surface area contributed by atoms with Gasteiger partial charge < -0.3 is 23.7 Å². The smallest absolute Gasteiger partial charge is 0.257 e. The quantitative estimate of drug-likeness (QED) is 0.676. The van der Waals surface area contributed by atoms with Gasteiger partial charge in [-0.15, -0.1) is 0 Å². The number of carbonyl (C=O) groups is 2. The molecule has 0 radical (unpaired) electrons. The van der Waals surface area contributed by atoms with E-state index in [2.05, 4.69) is 13.8 Å². The number of amides is 2. The lowest BCUT2D eigenvalue weighted by Crippen LogP contribution is -2.40. The van der Waals surface area contributed by atoms with E-state index in [1.165, 1.54) is 0 Å². The Kier molecular flexibility index (Phi) is 7.38. The van der Waals surface area contributed by atoms with E-state index in [-0.39, 0.29) is 24.5 Å². The fraction of sp³-hybridized carbons (Fsp3) is 0.500. The molecular weight excluding hydrogens is 396 g/mol. The van der Waals surface area contributed by atoms with E-state index in [0.717, 1.165) is 11.3 Å². The average Bonchev–Trinajstić information content (AvgIpc) is 2.99. The number of benzene rings is 1. The molecule has 7 nitrogen and oxygen atoms in total. The summed E-state index contributed by atoms with van der Waals surface area (Å²) in [6.07, 6.45) is -0.298. The van der Waals surface area contributed by atoms with Crippen molar-refractivity contribution in [3.63, 3.8) is 0 Å². The van der Waals surface area contributed by atoms with Crippen LogP contribution in [0.15, 0.2) is 34.7 Å². The predicted octanol–water partition coefficient (Wildman–Crippen LogP) is 3.43. The van der Waals surface area contributed by atoms with Crippen LogP contribution in [0.1, 0.15) is 41.3 Å². The molecule has 2 aromatic rings. The molecule has 0 N–H and O–H groups in total. The molecule has 1 aromatic heterocycles. The van der Waals surface area contributed by atoms with Crippen LogP contribution in [0.5, 0.6) is 5.75 Å². The van der Waals surface area contributed by atoms with E-state index in [4.69, 9.17) is 13.9 Å². The molecule has 2 amide bonds. The van der Waals surface area contributed by atoms with E-state index in [9.17, 15) is 9.59 Å². The van der Waals surface area contributed by atoms with E-state index in [1.807, 2.05) is 36.1 Å². The molecule has 1 saturated heterocycles. The number of rotatable bonds is 7. The number of furan rings is 1. The van der Waals surface area contributed by atoms with Crippen LogP contribution in [-0.2, 0) is 16.1 Å². The Morgan fingerprint density at radius 2 is 2.00 bits per heavy atom. The maximum atomic E-state index is 13.2. The van der Waals surface area contributed by atoms with Crippen LogP contribution in [0.25, 0.3) is 0 Å². The molecule has 1 aromatic carbocycles. The summed E-state index contributed by atoms with van der Waals surface area (Å²) in [5.41, 5.74) is 1.47. The second-order valence-electron chi connectivity index (χ2n) is 8.49. The first kappa shape index (κ1) is 22.9. The maximum Gasteiger partial charge on any atom is 0.257 e.